The van der Waals surface area contributed by atoms with Crippen molar-refractivity contribution in [3.63, 3.8) is 0 Å². The van der Waals surface area contributed by atoms with Crippen LogP contribution in [0.2, 0.25) is 5.02 Å². The van der Waals surface area contributed by atoms with Crippen LogP contribution >= 0.6 is 11.6 Å². The Labute approximate surface area is 191 Å². The molecule has 2 aliphatic heterocycles. The molecule has 3 aromatic rings. The van der Waals surface area contributed by atoms with Crippen LogP contribution in [-0.2, 0) is 0 Å². The van der Waals surface area contributed by atoms with Gasteiger partial charge in [0.05, 0.1) is 22.8 Å². The molecular formula is C27H20ClN3O. The zero-order valence-corrected chi connectivity index (χ0v) is 18.1. The van der Waals surface area contributed by atoms with Gasteiger partial charge in [-0.2, -0.15) is 0 Å². The van der Waals surface area contributed by atoms with E-state index in [1.54, 1.807) is 0 Å². The Kier molecular flexibility index (Phi) is 4.40. The van der Waals surface area contributed by atoms with Gasteiger partial charge in [-0.25, -0.2) is 4.99 Å². The molecule has 4 nitrogen and oxygen atoms in total. The van der Waals surface area contributed by atoms with Crippen molar-refractivity contribution in [3.05, 3.63) is 101 Å². The van der Waals surface area contributed by atoms with Gasteiger partial charge in [0.25, 0.3) is 0 Å². The number of halogens is 1. The fourth-order valence-corrected chi connectivity index (χ4v) is 4.52. The standard InChI is InChI=1S/C27H20ClN3O/c1-18-8-4-3-7-15-30-24-16-19(28)11-13-23(24)31(27(30)29-18)20-12-14-26-22(17-20)21-9-5-2-6-10-25(21)32-26/h3-14,16-17H,1-2,15H2/b7-3-,8-4-,29-27+. The Morgan fingerprint density at radius 1 is 0.938 bits per heavy atom. The van der Waals surface area contributed by atoms with Crippen molar-refractivity contribution in [2.75, 3.05) is 16.3 Å². The Morgan fingerprint density at radius 2 is 1.84 bits per heavy atom. The van der Waals surface area contributed by atoms with Crippen LogP contribution in [-0.4, -0.2) is 12.5 Å². The summed E-state index contributed by atoms with van der Waals surface area (Å²) >= 11 is 6.38. The molecule has 0 spiro atoms. The summed E-state index contributed by atoms with van der Waals surface area (Å²) in [4.78, 5) is 9.22. The highest BCUT2D eigenvalue weighted by Crippen LogP contribution is 2.45. The van der Waals surface area contributed by atoms with Crippen LogP contribution < -0.4 is 9.80 Å². The molecule has 0 atom stereocenters. The maximum Gasteiger partial charge on any atom is 0.216 e. The van der Waals surface area contributed by atoms with Crippen molar-refractivity contribution in [2.24, 2.45) is 4.99 Å². The maximum atomic E-state index is 6.38. The number of anilines is 3. The number of rotatable bonds is 1. The van der Waals surface area contributed by atoms with Crippen LogP contribution in [0.15, 0.2) is 94.5 Å². The second-order valence-electron chi connectivity index (χ2n) is 7.87. The van der Waals surface area contributed by atoms with E-state index in [1.807, 2.05) is 42.5 Å². The predicted octanol–water partition coefficient (Wildman–Crippen LogP) is 7.47. The summed E-state index contributed by atoms with van der Waals surface area (Å²) in [6.07, 6.45) is 17.4. The topological polar surface area (TPSA) is 32.0 Å². The highest BCUT2D eigenvalue weighted by molar-refractivity contribution is 6.32. The molecular weight excluding hydrogens is 418 g/mol. The first-order chi connectivity index (χ1) is 15.7. The fraction of sp³-hybridized carbons (Fsp3) is 0.0741. The number of furan rings is 1. The minimum atomic E-state index is 0.678. The zero-order valence-electron chi connectivity index (χ0n) is 17.3. The van der Waals surface area contributed by atoms with E-state index in [9.17, 15) is 0 Å². The molecule has 5 heteroatoms. The number of fused-ring (bicyclic) bond motifs is 6. The van der Waals surface area contributed by atoms with E-state index in [-0.39, 0.29) is 0 Å². The SMILES string of the molecule is C=C1/C=C\C=C/CN2/C(=N\1)N(c1ccc3oc4c(c3c1)C=CCC=C4)c1ccc(Cl)cc12. The molecule has 0 radical (unpaired) electrons. The third-order valence-electron chi connectivity index (χ3n) is 5.80. The van der Waals surface area contributed by atoms with Gasteiger partial charge in [0.2, 0.25) is 5.96 Å². The summed E-state index contributed by atoms with van der Waals surface area (Å²) in [5.41, 5.74) is 5.72. The monoisotopic (exact) mass is 437 g/mol. The maximum absolute atomic E-state index is 6.38. The lowest BCUT2D eigenvalue weighted by Crippen LogP contribution is -2.36. The average Bonchev–Trinajstić information content (AvgIpc) is 3.19. The van der Waals surface area contributed by atoms with E-state index in [1.165, 1.54) is 0 Å². The van der Waals surface area contributed by atoms with Crippen molar-refractivity contribution in [3.8, 4) is 0 Å². The van der Waals surface area contributed by atoms with Crippen LogP contribution in [0.1, 0.15) is 17.7 Å². The third kappa shape index (κ3) is 3.03. The van der Waals surface area contributed by atoms with Crippen molar-refractivity contribution < 1.29 is 4.42 Å². The molecule has 1 aliphatic carbocycles. The molecule has 3 aliphatic rings. The molecule has 3 heterocycles. The molecule has 0 unspecified atom stereocenters. The third-order valence-corrected chi connectivity index (χ3v) is 6.04. The number of nitrogens with zero attached hydrogens (tertiary/aromatic N) is 3. The molecule has 0 amide bonds. The summed E-state index contributed by atoms with van der Waals surface area (Å²) in [5, 5.41) is 1.77. The summed E-state index contributed by atoms with van der Waals surface area (Å²) in [6, 6.07) is 12.2. The van der Waals surface area contributed by atoms with Crippen LogP contribution in [0.4, 0.5) is 17.1 Å². The lowest BCUT2D eigenvalue weighted by molar-refractivity contribution is 0.603. The average molecular weight is 438 g/mol. The normalized spacial score (nSPS) is 20.5. The molecule has 156 valence electrons. The van der Waals surface area contributed by atoms with Crippen LogP contribution in [0.25, 0.3) is 23.1 Å². The number of allylic oxidation sites excluding steroid dienone is 5. The Balaban J connectivity index is 1.57. The van der Waals surface area contributed by atoms with Crippen molar-refractivity contribution in [2.45, 2.75) is 6.42 Å². The molecule has 0 saturated carbocycles. The second-order valence-corrected chi connectivity index (χ2v) is 8.31. The summed E-state index contributed by atoms with van der Waals surface area (Å²) in [7, 11) is 0. The molecule has 6 rings (SSSR count). The van der Waals surface area contributed by atoms with E-state index in [4.69, 9.17) is 21.0 Å². The first-order valence-corrected chi connectivity index (χ1v) is 10.9. The lowest BCUT2D eigenvalue weighted by Gasteiger charge is -2.23. The van der Waals surface area contributed by atoms with Crippen LogP contribution in [0.5, 0.6) is 0 Å². The lowest BCUT2D eigenvalue weighted by atomic mass is 10.1. The number of hydrogen-bond acceptors (Lipinski definition) is 4. The minimum Gasteiger partial charge on any atom is -0.456 e. The van der Waals surface area contributed by atoms with Crippen molar-refractivity contribution in [1.29, 1.82) is 0 Å². The highest BCUT2D eigenvalue weighted by atomic mass is 35.5. The molecule has 1 aromatic heterocycles. The van der Waals surface area contributed by atoms with Gasteiger partial charge in [-0.05, 0) is 55.0 Å². The van der Waals surface area contributed by atoms with E-state index in [0.717, 1.165) is 51.7 Å². The molecule has 0 bridgehead atoms. The fourth-order valence-electron chi connectivity index (χ4n) is 4.36. The van der Waals surface area contributed by atoms with Crippen molar-refractivity contribution >= 4 is 57.7 Å². The number of aliphatic imine (C=N–C) groups is 1. The van der Waals surface area contributed by atoms with Gasteiger partial charge in [0.15, 0.2) is 0 Å². The first kappa shape index (κ1) is 19.0. The molecule has 0 N–H and O–H groups in total. The van der Waals surface area contributed by atoms with E-state index in [2.05, 4.69) is 58.9 Å². The van der Waals surface area contributed by atoms with Gasteiger partial charge >= 0.3 is 0 Å². The van der Waals surface area contributed by atoms with Gasteiger partial charge < -0.3 is 9.32 Å². The summed E-state index contributed by atoms with van der Waals surface area (Å²) in [5.74, 6) is 1.69. The highest BCUT2D eigenvalue weighted by Gasteiger charge is 2.34. The van der Waals surface area contributed by atoms with Gasteiger partial charge in [-0.1, -0.05) is 54.6 Å². The number of guanidine groups is 1. The summed E-state index contributed by atoms with van der Waals surface area (Å²) < 4.78 is 6.10. The van der Waals surface area contributed by atoms with Gasteiger partial charge in [0.1, 0.15) is 11.3 Å². The second kappa shape index (κ2) is 7.43. The molecule has 0 fully saturated rings. The Morgan fingerprint density at radius 3 is 2.78 bits per heavy atom. The summed E-state index contributed by atoms with van der Waals surface area (Å²) in [6.45, 7) is 4.79. The Bertz CT molecular complexity index is 1420. The zero-order chi connectivity index (χ0) is 21.7. The predicted molar refractivity (Wildman–Crippen MR) is 135 cm³/mol. The molecule has 2 aromatic carbocycles. The van der Waals surface area contributed by atoms with Crippen molar-refractivity contribution in [1.82, 2.24) is 0 Å². The van der Waals surface area contributed by atoms with Crippen LogP contribution in [0.3, 0.4) is 0 Å². The largest absolute Gasteiger partial charge is 0.456 e. The van der Waals surface area contributed by atoms with Crippen LogP contribution in [0, 0.1) is 0 Å². The van der Waals surface area contributed by atoms with Gasteiger partial charge in [0, 0.05) is 22.5 Å². The number of hydrogen-bond donors (Lipinski definition) is 0. The first-order valence-electron chi connectivity index (χ1n) is 10.6. The smallest absolute Gasteiger partial charge is 0.216 e. The number of benzene rings is 2. The minimum absolute atomic E-state index is 0.678. The van der Waals surface area contributed by atoms with E-state index < -0.39 is 0 Å². The van der Waals surface area contributed by atoms with E-state index in [0.29, 0.717) is 17.3 Å². The quantitative estimate of drug-likeness (QED) is 0.395. The van der Waals surface area contributed by atoms with Gasteiger partial charge in [-0.15, -0.1) is 0 Å². The molecule has 32 heavy (non-hydrogen) atoms. The van der Waals surface area contributed by atoms with Gasteiger partial charge in [-0.3, -0.25) is 4.90 Å². The molecule has 0 saturated heterocycles. The van der Waals surface area contributed by atoms with E-state index >= 15 is 0 Å². The Hall–Kier alpha value is -3.76.